The van der Waals surface area contributed by atoms with Crippen molar-refractivity contribution >= 4 is 6.29 Å². The Balaban J connectivity index is 2.99. The Morgan fingerprint density at radius 2 is 2.06 bits per heavy atom. The van der Waals surface area contributed by atoms with Crippen LogP contribution in [0.25, 0.3) is 0 Å². The minimum atomic E-state index is -1.25. The molecule has 0 bridgehead atoms. The predicted molar refractivity (Wildman–Crippen MR) is 58.1 cm³/mol. The summed E-state index contributed by atoms with van der Waals surface area (Å²) < 4.78 is 0. The molecule has 88 valence electrons. The van der Waals surface area contributed by atoms with E-state index in [4.69, 9.17) is 5.73 Å². The molecule has 0 aliphatic rings. The molecule has 5 nitrogen and oxygen atoms in total. The van der Waals surface area contributed by atoms with Gasteiger partial charge in [0.25, 0.3) is 0 Å². The van der Waals surface area contributed by atoms with Gasteiger partial charge in [-0.15, -0.1) is 0 Å². The minimum Gasteiger partial charge on any atom is -0.507 e. The van der Waals surface area contributed by atoms with Crippen molar-refractivity contribution in [2.75, 3.05) is 6.54 Å². The van der Waals surface area contributed by atoms with Gasteiger partial charge in [0.15, 0.2) is 6.29 Å². The predicted octanol–water partition coefficient (Wildman–Crippen LogP) is -0.0522. The molecule has 0 radical (unpaired) electrons. The van der Waals surface area contributed by atoms with E-state index < -0.39 is 12.2 Å². The maximum atomic E-state index is 10.6. The van der Waals surface area contributed by atoms with E-state index in [2.05, 4.69) is 0 Å². The molecule has 2 unspecified atom stereocenters. The third-order valence-electron chi connectivity index (χ3n) is 2.37. The Morgan fingerprint density at radius 3 is 2.62 bits per heavy atom. The summed E-state index contributed by atoms with van der Waals surface area (Å²) in [6, 6.07) is 4.40. The topological polar surface area (TPSA) is 104 Å². The quantitative estimate of drug-likeness (QED) is 0.526. The van der Waals surface area contributed by atoms with Gasteiger partial charge in [-0.25, -0.2) is 0 Å². The number of aliphatic hydroxyl groups excluding tert-OH is 2. The second-order valence-electron chi connectivity index (χ2n) is 3.49. The number of hydrogen-bond donors (Lipinski definition) is 4. The van der Waals surface area contributed by atoms with Gasteiger partial charge >= 0.3 is 0 Å². The molecule has 0 saturated carbocycles. The second kappa shape index (κ2) is 5.60. The molecular weight excluding hydrogens is 210 g/mol. The number of carbonyl (C=O) groups is 1. The summed E-state index contributed by atoms with van der Waals surface area (Å²) in [6.07, 6.45) is -1.60. The lowest BCUT2D eigenvalue weighted by molar-refractivity contribution is 0.0137. The molecule has 16 heavy (non-hydrogen) atoms. The van der Waals surface area contributed by atoms with Crippen LogP contribution in [-0.2, 0) is 0 Å². The molecule has 5 N–H and O–H groups in total. The number of aliphatic hydroxyl groups is 2. The smallest absolute Gasteiger partial charge is 0.153 e. The Morgan fingerprint density at radius 1 is 1.38 bits per heavy atom. The Labute approximate surface area is 93.1 Å². The fraction of sp³-hybridized carbons (Fsp3) is 0.364. The highest BCUT2D eigenvalue weighted by molar-refractivity contribution is 5.80. The number of rotatable bonds is 5. The van der Waals surface area contributed by atoms with Crippen molar-refractivity contribution in [1.29, 1.82) is 0 Å². The Bertz CT molecular complexity index is 367. The normalized spacial score (nSPS) is 14.4. The third kappa shape index (κ3) is 2.57. The zero-order valence-corrected chi connectivity index (χ0v) is 8.71. The number of para-hydroxylation sites is 1. The first-order valence-electron chi connectivity index (χ1n) is 4.95. The zero-order valence-electron chi connectivity index (χ0n) is 8.71. The van der Waals surface area contributed by atoms with Gasteiger partial charge in [0, 0.05) is 5.56 Å². The summed E-state index contributed by atoms with van der Waals surface area (Å²) in [5.74, 6) is -0.305. The molecule has 0 heterocycles. The fourth-order valence-corrected chi connectivity index (χ4v) is 1.45. The first-order valence-corrected chi connectivity index (χ1v) is 4.95. The summed E-state index contributed by atoms with van der Waals surface area (Å²) in [6.45, 7) is 0.229. The van der Waals surface area contributed by atoms with Gasteiger partial charge in [-0.3, -0.25) is 4.79 Å². The number of aromatic hydroxyl groups is 1. The molecule has 0 spiro atoms. The number of aldehydes is 1. The lowest BCUT2D eigenvalue weighted by Gasteiger charge is -2.18. The maximum absolute atomic E-state index is 10.6. The molecule has 1 rings (SSSR count). The number of hydrogen-bond acceptors (Lipinski definition) is 5. The van der Waals surface area contributed by atoms with Crippen molar-refractivity contribution in [2.45, 2.75) is 18.6 Å². The summed E-state index contributed by atoms with van der Waals surface area (Å²) in [4.78, 5) is 10.6. The number of nitrogens with two attached hydrogens (primary N) is 1. The van der Waals surface area contributed by atoms with E-state index >= 15 is 0 Å². The molecule has 0 aliphatic heterocycles. The van der Waals surface area contributed by atoms with Crippen molar-refractivity contribution < 1.29 is 20.1 Å². The fourth-order valence-electron chi connectivity index (χ4n) is 1.45. The van der Waals surface area contributed by atoms with Crippen LogP contribution in [0.1, 0.15) is 28.4 Å². The van der Waals surface area contributed by atoms with E-state index in [-0.39, 0.29) is 29.8 Å². The van der Waals surface area contributed by atoms with Crippen molar-refractivity contribution in [3.8, 4) is 5.75 Å². The summed E-state index contributed by atoms with van der Waals surface area (Å²) >= 11 is 0. The molecule has 5 heteroatoms. The maximum Gasteiger partial charge on any atom is 0.153 e. The Kier molecular flexibility index (Phi) is 4.42. The van der Waals surface area contributed by atoms with Crippen LogP contribution < -0.4 is 5.73 Å². The van der Waals surface area contributed by atoms with Crippen LogP contribution in [0.4, 0.5) is 0 Å². The van der Waals surface area contributed by atoms with Crippen LogP contribution in [0.15, 0.2) is 18.2 Å². The molecule has 1 aromatic carbocycles. The van der Waals surface area contributed by atoms with Crippen LogP contribution in [0.3, 0.4) is 0 Å². The van der Waals surface area contributed by atoms with Gasteiger partial charge in [0.1, 0.15) is 11.9 Å². The average molecular weight is 225 g/mol. The molecular formula is C11H15NO4. The van der Waals surface area contributed by atoms with Gasteiger partial charge in [-0.2, -0.15) is 0 Å². The van der Waals surface area contributed by atoms with Gasteiger partial charge in [0.2, 0.25) is 0 Å². The summed E-state index contributed by atoms with van der Waals surface area (Å²) in [5, 5.41) is 28.9. The van der Waals surface area contributed by atoms with E-state index in [0.717, 1.165) is 0 Å². The van der Waals surface area contributed by atoms with Crippen LogP contribution in [0.5, 0.6) is 5.75 Å². The van der Waals surface area contributed by atoms with Crippen molar-refractivity contribution in [3.05, 3.63) is 29.3 Å². The first-order chi connectivity index (χ1) is 7.61. The van der Waals surface area contributed by atoms with Crippen molar-refractivity contribution in [1.82, 2.24) is 0 Å². The molecule has 0 saturated heterocycles. The highest BCUT2D eigenvalue weighted by atomic mass is 16.3. The second-order valence-corrected chi connectivity index (χ2v) is 3.49. The lowest BCUT2D eigenvalue weighted by atomic mass is 9.99. The van der Waals surface area contributed by atoms with Crippen molar-refractivity contribution in [3.63, 3.8) is 0 Å². The van der Waals surface area contributed by atoms with E-state index in [1.165, 1.54) is 18.2 Å². The molecule has 0 amide bonds. The number of phenolic OH excluding ortho intramolecular Hbond substituents is 1. The standard InChI is InChI=1S/C11H15NO4/c12-5-4-9(14)11(16)8-3-1-2-7(6-13)10(8)15/h1-3,6,9,11,14-16H,4-5,12H2. The van der Waals surface area contributed by atoms with E-state index in [1.807, 2.05) is 0 Å². The van der Waals surface area contributed by atoms with E-state index in [0.29, 0.717) is 6.29 Å². The minimum absolute atomic E-state index is 0.0801. The average Bonchev–Trinajstić information content (AvgIpc) is 2.29. The van der Waals surface area contributed by atoms with E-state index in [9.17, 15) is 20.1 Å². The highest BCUT2D eigenvalue weighted by Crippen LogP contribution is 2.29. The summed E-state index contributed by atoms with van der Waals surface area (Å²) in [7, 11) is 0. The molecule has 0 aliphatic carbocycles. The third-order valence-corrected chi connectivity index (χ3v) is 2.37. The summed E-state index contributed by atoms with van der Waals surface area (Å²) in [5.41, 5.74) is 5.46. The highest BCUT2D eigenvalue weighted by Gasteiger charge is 2.21. The van der Waals surface area contributed by atoms with Gasteiger partial charge < -0.3 is 21.1 Å². The van der Waals surface area contributed by atoms with Gasteiger partial charge in [-0.05, 0) is 19.0 Å². The first kappa shape index (κ1) is 12.6. The largest absolute Gasteiger partial charge is 0.507 e. The zero-order chi connectivity index (χ0) is 12.1. The SMILES string of the molecule is NCCC(O)C(O)c1cccc(C=O)c1O. The Hall–Kier alpha value is -1.43. The van der Waals surface area contributed by atoms with Gasteiger partial charge in [-0.1, -0.05) is 12.1 Å². The number of carbonyl (C=O) groups excluding carboxylic acids is 1. The van der Waals surface area contributed by atoms with Crippen LogP contribution in [0, 0.1) is 0 Å². The lowest BCUT2D eigenvalue weighted by Crippen LogP contribution is -2.22. The number of benzene rings is 1. The monoisotopic (exact) mass is 225 g/mol. The molecule has 0 fully saturated rings. The number of phenols is 1. The molecule has 2 atom stereocenters. The molecule has 1 aromatic rings. The van der Waals surface area contributed by atoms with Gasteiger partial charge in [0.05, 0.1) is 11.7 Å². The van der Waals surface area contributed by atoms with Crippen LogP contribution in [0.2, 0.25) is 0 Å². The van der Waals surface area contributed by atoms with Crippen LogP contribution >= 0.6 is 0 Å². The molecule has 0 aromatic heterocycles. The van der Waals surface area contributed by atoms with Crippen LogP contribution in [-0.4, -0.2) is 34.3 Å². The van der Waals surface area contributed by atoms with E-state index in [1.54, 1.807) is 0 Å². The van der Waals surface area contributed by atoms with Crippen molar-refractivity contribution in [2.24, 2.45) is 5.73 Å².